The maximum absolute atomic E-state index is 13.2. The van der Waals surface area contributed by atoms with Gasteiger partial charge in [0, 0.05) is 29.5 Å². The number of nitrogens with zero attached hydrogens (tertiary/aromatic N) is 2. The van der Waals surface area contributed by atoms with Gasteiger partial charge in [0.05, 0.1) is 13.2 Å². The lowest BCUT2D eigenvalue weighted by molar-refractivity contribution is -0.141. The Morgan fingerprint density at radius 3 is 2.39 bits per heavy atom. The highest BCUT2D eigenvalue weighted by Gasteiger charge is 2.33. The van der Waals surface area contributed by atoms with Crippen LogP contribution in [0.4, 0.5) is 13.2 Å². The maximum atomic E-state index is 13.2. The molecular formula is C24H28F3N5O4. The third-order valence-electron chi connectivity index (χ3n) is 5.32. The lowest BCUT2D eigenvalue weighted by atomic mass is 10.1. The Balaban J connectivity index is 1.97. The first kappa shape index (κ1) is 26.9. The van der Waals surface area contributed by atoms with Gasteiger partial charge >= 0.3 is 6.18 Å². The highest BCUT2D eigenvalue weighted by molar-refractivity contribution is 5.98. The van der Waals surface area contributed by atoms with Gasteiger partial charge < -0.3 is 25.5 Å². The van der Waals surface area contributed by atoms with Crippen molar-refractivity contribution in [1.82, 2.24) is 20.6 Å². The Bertz CT molecular complexity index is 1270. The summed E-state index contributed by atoms with van der Waals surface area (Å²) in [7, 11) is 1.32. The summed E-state index contributed by atoms with van der Waals surface area (Å²) in [4.78, 5) is 32.8. The van der Waals surface area contributed by atoms with Gasteiger partial charge in [-0.05, 0) is 38.1 Å². The van der Waals surface area contributed by atoms with Crippen molar-refractivity contribution in [3.8, 4) is 17.2 Å². The van der Waals surface area contributed by atoms with Crippen molar-refractivity contribution in [2.75, 3.05) is 13.7 Å². The van der Waals surface area contributed by atoms with Crippen molar-refractivity contribution in [3.63, 3.8) is 0 Å². The van der Waals surface area contributed by atoms with Crippen LogP contribution in [0.15, 0.2) is 28.7 Å². The van der Waals surface area contributed by atoms with E-state index >= 15 is 0 Å². The van der Waals surface area contributed by atoms with Gasteiger partial charge in [0.2, 0.25) is 11.8 Å². The smallest absolute Gasteiger partial charge is 0.433 e. The molecule has 3 rings (SSSR count). The van der Waals surface area contributed by atoms with Crippen LogP contribution in [0.3, 0.4) is 0 Å². The lowest BCUT2D eigenvalue weighted by Gasteiger charge is -2.16. The fourth-order valence-electron chi connectivity index (χ4n) is 3.41. The van der Waals surface area contributed by atoms with Gasteiger partial charge in [-0.1, -0.05) is 13.8 Å². The summed E-state index contributed by atoms with van der Waals surface area (Å²) in [6.45, 7) is 7.00. The van der Waals surface area contributed by atoms with Crippen LogP contribution in [0.25, 0.3) is 22.4 Å². The summed E-state index contributed by atoms with van der Waals surface area (Å²) in [5.74, 6) is -0.696. The molecule has 0 radical (unpaired) electrons. The minimum atomic E-state index is -4.64. The SMILES string of the molecule is COc1ccc(-c2nc(C(=O)NC[C@@H](C)NC(=O)C(C)C)c([C@H](C)N)o2)c2ccc(C(F)(F)F)nc12. The topological polar surface area (TPSA) is 132 Å². The van der Waals surface area contributed by atoms with Gasteiger partial charge in [-0.2, -0.15) is 13.2 Å². The number of rotatable bonds is 8. The molecule has 2 amide bonds. The highest BCUT2D eigenvalue weighted by Crippen LogP contribution is 2.37. The molecule has 0 saturated heterocycles. The molecule has 2 heterocycles. The number of ether oxygens (including phenoxy) is 1. The summed E-state index contributed by atoms with van der Waals surface area (Å²) < 4.78 is 50.7. The molecule has 0 aliphatic rings. The van der Waals surface area contributed by atoms with E-state index in [-0.39, 0.29) is 58.4 Å². The predicted octanol–water partition coefficient (Wildman–Crippen LogP) is 3.83. The van der Waals surface area contributed by atoms with Gasteiger partial charge in [-0.15, -0.1) is 0 Å². The molecule has 2 aromatic heterocycles. The number of oxazole rings is 1. The number of benzene rings is 1. The Morgan fingerprint density at radius 2 is 1.81 bits per heavy atom. The molecule has 12 heteroatoms. The number of fused-ring (bicyclic) bond motifs is 1. The van der Waals surface area contributed by atoms with E-state index in [1.54, 1.807) is 33.8 Å². The molecule has 9 nitrogen and oxygen atoms in total. The van der Waals surface area contributed by atoms with E-state index in [1.807, 2.05) is 0 Å². The van der Waals surface area contributed by atoms with Crippen LogP contribution in [0, 0.1) is 5.92 Å². The fourth-order valence-corrected chi connectivity index (χ4v) is 3.41. The summed E-state index contributed by atoms with van der Waals surface area (Å²) in [5, 5.41) is 5.76. The van der Waals surface area contributed by atoms with E-state index in [1.165, 1.54) is 19.2 Å². The van der Waals surface area contributed by atoms with E-state index < -0.39 is 23.8 Å². The fraction of sp³-hybridized carbons (Fsp3) is 0.417. The van der Waals surface area contributed by atoms with Crippen LogP contribution in [-0.2, 0) is 11.0 Å². The molecule has 0 saturated carbocycles. The van der Waals surface area contributed by atoms with Gasteiger partial charge in [0.1, 0.15) is 17.0 Å². The standard InChI is InChI=1S/C24H28F3N5O4/c1-11(2)21(33)30-12(3)10-29-22(34)19-20(13(4)28)36-23(32-19)15-6-8-16(35-5)18-14(15)7-9-17(31-18)24(25,26)27/h6-9,11-13H,10,28H2,1-5H3,(H,29,34)(H,30,33)/t12-,13+/m1/s1. The Hall–Kier alpha value is -3.67. The van der Waals surface area contributed by atoms with Crippen LogP contribution >= 0.6 is 0 Å². The molecule has 0 unspecified atom stereocenters. The largest absolute Gasteiger partial charge is 0.494 e. The molecule has 3 aromatic rings. The minimum absolute atomic E-state index is 0.0113. The molecule has 194 valence electrons. The first-order valence-electron chi connectivity index (χ1n) is 11.2. The number of halogens is 3. The van der Waals surface area contributed by atoms with Crippen molar-refractivity contribution in [3.05, 3.63) is 41.4 Å². The van der Waals surface area contributed by atoms with Crippen molar-refractivity contribution in [2.24, 2.45) is 11.7 Å². The Morgan fingerprint density at radius 1 is 1.11 bits per heavy atom. The lowest BCUT2D eigenvalue weighted by Crippen LogP contribution is -2.43. The third kappa shape index (κ3) is 5.76. The number of alkyl halides is 3. The third-order valence-corrected chi connectivity index (χ3v) is 5.32. The number of aromatic nitrogens is 2. The zero-order valence-corrected chi connectivity index (χ0v) is 20.5. The average Bonchev–Trinajstić information content (AvgIpc) is 3.26. The van der Waals surface area contributed by atoms with Crippen LogP contribution < -0.4 is 21.1 Å². The second kappa shape index (κ2) is 10.5. The zero-order valence-electron chi connectivity index (χ0n) is 20.5. The van der Waals surface area contributed by atoms with E-state index in [0.29, 0.717) is 5.56 Å². The van der Waals surface area contributed by atoms with Crippen molar-refractivity contribution < 1.29 is 31.9 Å². The normalized spacial score (nSPS) is 13.5. The van der Waals surface area contributed by atoms with Crippen molar-refractivity contribution in [1.29, 1.82) is 0 Å². The second-order valence-corrected chi connectivity index (χ2v) is 8.70. The number of hydrogen-bond donors (Lipinski definition) is 3. The Labute approximate surface area is 205 Å². The number of pyridine rings is 1. The minimum Gasteiger partial charge on any atom is -0.494 e. The highest BCUT2D eigenvalue weighted by atomic mass is 19.4. The number of amides is 2. The number of carbonyl (C=O) groups excluding carboxylic acids is 2. The molecule has 4 N–H and O–H groups in total. The average molecular weight is 508 g/mol. The quantitative estimate of drug-likeness (QED) is 0.422. The van der Waals surface area contributed by atoms with Crippen molar-refractivity contribution >= 4 is 22.7 Å². The van der Waals surface area contributed by atoms with Gasteiger partial charge in [0.15, 0.2) is 11.5 Å². The van der Waals surface area contributed by atoms with E-state index in [0.717, 1.165) is 6.07 Å². The van der Waals surface area contributed by atoms with Crippen LogP contribution in [0.5, 0.6) is 5.75 Å². The van der Waals surface area contributed by atoms with Gasteiger partial charge in [0.25, 0.3) is 5.91 Å². The zero-order chi connectivity index (χ0) is 26.8. The van der Waals surface area contributed by atoms with Crippen molar-refractivity contribution in [2.45, 2.75) is 46.0 Å². The van der Waals surface area contributed by atoms with E-state index in [9.17, 15) is 22.8 Å². The second-order valence-electron chi connectivity index (χ2n) is 8.70. The Kier molecular flexibility index (Phi) is 7.87. The molecule has 1 aromatic carbocycles. The number of nitrogens with two attached hydrogens (primary N) is 1. The van der Waals surface area contributed by atoms with Crippen LogP contribution in [0.1, 0.15) is 55.7 Å². The summed E-state index contributed by atoms with van der Waals surface area (Å²) in [6.07, 6.45) is -4.64. The number of carbonyl (C=O) groups is 2. The summed E-state index contributed by atoms with van der Waals surface area (Å²) in [6, 6.07) is 4.05. The first-order valence-corrected chi connectivity index (χ1v) is 11.2. The number of methoxy groups -OCH3 is 1. The summed E-state index contributed by atoms with van der Waals surface area (Å²) >= 11 is 0. The van der Waals surface area contributed by atoms with Crippen LogP contribution in [-0.4, -0.2) is 41.5 Å². The molecule has 36 heavy (non-hydrogen) atoms. The number of nitrogens with one attached hydrogen (secondary N) is 2. The maximum Gasteiger partial charge on any atom is 0.433 e. The molecule has 0 aliphatic carbocycles. The molecule has 0 fully saturated rings. The van der Waals surface area contributed by atoms with E-state index in [2.05, 4.69) is 20.6 Å². The molecule has 0 spiro atoms. The number of hydrogen-bond acceptors (Lipinski definition) is 7. The van der Waals surface area contributed by atoms with Crippen LogP contribution in [0.2, 0.25) is 0 Å². The van der Waals surface area contributed by atoms with Gasteiger partial charge in [-0.25, -0.2) is 9.97 Å². The molecular weight excluding hydrogens is 479 g/mol. The predicted molar refractivity (Wildman–Crippen MR) is 126 cm³/mol. The molecule has 0 aliphatic heterocycles. The summed E-state index contributed by atoms with van der Waals surface area (Å²) in [5.41, 5.74) is 5.13. The molecule has 0 bridgehead atoms. The van der Waals surface area contributed by atoms with E-state index in [4.69, 9.17) is 14.9 Å². The molecule has 2 atom stereocenters. The first-order chi connectivity index (χ1) is 16.8. The monoisotopic (exact) mass is 507 g/mol. The van der Waals surface area contributed by atoms with Gasteiger partial charge in [-0.3, -0.25) is 9.59 Å².